The minimum absolute atomic E-state index is 0.147. The number of Topliss-reactive ketones (excluding diaryl/α,β-unsaturated/α-hetero) is 1. The van der Waals surface area contributed by atoms with Gasteiger partial charge in [-0.3, -0.25) is 4.79 Å². The summed E-state index contributed by atoms with van der Waals surface area (Å²) in [6.07, 6.45) is -3.13. The summed E-state index contributed by atoms with van der Waals surface area (Å²) in [4.78, 5) is 13.2. The molecule has 0 amide bonds. The Hall–Kier alpha value is -3.83. The van der Waals surface area contributed by atoms with E-state index >= 15 is 0 Å². The molecule has 0 fully saturated rings. The third-order valence-electron chi connectivity index (χ3n) is 5.51. The summed E-state index contributed by atoms with van der Waals surface area (Å²) in [7, 11) is 0. The van der Waals surface area contributed by atoms with Gasteiger partial charge in [-0.15, -0.1) is 0 Å². The van der Waals surface area contributed by atoms with Gasteiger partial charge >= 0.3 is 6.18 Å². The molecule has 0 saturated heterocycles. The minimum atomic E-state index is -4.49. The molecule has 0 aliphatic carbocycles. The third-order valence-corrected chi connectivity index (χ3v) is 6.04. The molecule has 0 bridgehead atoms. The lowest BCUT2D eigenvalue weighted by Gasteiger charge is -2.13. The zero-order valence-corrected chi connectivity index (χ0v) is 20.2. The predicted molar refractivity (Wildman–Crippen MR) is 130 cm³/mol. The van der Waals surface area contributed by atoms with Crippen LogP contribution in [0.2, 0.25) is 0 Å². The molecule has 0 atom stereocenters. The molecule has 4 rings (SSSR count). The van der Waals surface area contributed by atoms with Crippen molar-refractivity contribution in [3.8, 4) is 23.1 Å². The van der Waals surface area contributed by atoms with E-state index in [1.165, 1.54) is 18.2 Å². The highest BCUT2D eigenvalue weighted by Gasteiger charge is 2.31. The molecular formula is C27H18BrF3N2O2. The number of allylic oxidation sites excluding steroid dienone is 1. The molecule has 0 spiro atoms. The van der Waals surface area contributed by atoms with Crippen molar-refractivity contribution in [1.82, 2.24) is 4.57 Å². The molecule has 0 N–H and O–H groups in total. The third kappa shape index (κ3) is 5.00. The number of nitriles is 1. The van der Waals surface area contributed by atoms with E-state index in [0.29, 0.717) is 22.9 Å². The van der Waals surface area contributed by atoms with Crippen LogP contribution in [0.5, 0.6) is 0 Å². The van der Waals surface area contributed by atoms with Gasteiger partial charge in [-0.05, 0) is 62.4 Å². The lowest BCUT2D eigenvalue weighted by Crippen LogP contribution is -2.08. The number of carbonyl (C=O) groups excluding carboxylic acids is 1. The van der Waals surface area contributed by atoms with Gasteiger partial charge < -0.3 is 8.98 Å². The van der Waals surface area contributed by atoms with Crippen molar-refractivity contribution in [2.75, 3.05) is 0 Å². The maximum atomic E-state index is 13.2. The average Bonchev–Trinajstić information content (AvgIpc) is 3.41. The highest BCUT2D eigenvalue weighted by molar-refractivity contribution is 9.10. The Labute approximate surface area is 208 Å². The maximum Gasteiger partial charge on any atom is 0.416 e. The molecule has 4 nitrogen and oxygen atoms in total. The van der Waals surface area contributed by atoms with E-state index in [0.717, 1.165) is 22.2 Å². The molecule has 0 unspecified atom stereocenters. The second kappa shape index (κ2) is 9.43. The van der Waals surface area contributed by atoms with E-state index in [-0.39, 0.29) is 16.8 Å². The number of nitrogens with zero attached hydrogens (tertiary/aromatic N) is 2. The molecule has 2 aromatic carbocycles. The molecule has 0 saturated carbocycles. The van der Waals surface area contributed by atoms with Gasteiger partial charge in [0.1, 0.15) is 23.2 Å². The van der Waals surface area contributed by atoms with Gasteiger partial charge in [-0.1, -0.05) is 34.1 Å². The first kappa shape index (κ1) is 24.3. The first-order chi connectivity index (χ1) is 16.6. The number of rotatable bonds is 5. The van der Waals surface area contributed by atoms with Gasteiger partial charge in [0.15, 0.2) is 0 Å². The van der Waals surface area contributed by atoms with Crippen LogP contribution in [0.15, 0.2) is 81.2 Å². The average molecular weight is 539 g/mol. The van der Waals surface area contributed by atoms with E-state index in [1.54, 1.807) is 36.6 Å². The molecule has 4 aromatic rings. The van der Waals surface area contributed by atoms with Crippen molar-refractivity contribution in [1.29, 1.82) is 5.26 Å². The number of halogens is 4. The smallest absolute Gasteiger partial charge is 0.416 e. The number of carbonyl (C=O) groups is 1. The van der Waals surface area contributed by atoms with Crippen molar-refractivity contribution in [3.63, 3.8) is 0 Å². The van der Waals surface area contributed by atoms with Crippen LogP contribution in [0, 0.1) is 25.2 Å². The summed E-state index contributed by atoms with van der Waals surface area (Å²) in [5.74, 6) is 0.371. The Morgan fingerprint density at radius 1 is 1.06 bits per heavy atom. The van der Waals surface area contributed by atoms with Gasteiger partial charge in [-0.25, -0.2) is 0 Å². The number of hydrogen-bond acceptors (Lipinski definition) is 3. The number of aryl methyl sites for hydroxylation is 1. The largest absolute Gasteiger partial charge is 0.457 e. The van der Waals surface area contributed by atoms with E-state index in [2.05, 4.69) is 15.9 Å². The standard InChI is InChI=1S/C27H18BrF3N2O2/c1-16-12-24(17(2)33(16)22-5-3-4-20(14-22)27(29,30)31)26(34)19(15-32)13-23-10-11-25(35-23)18-6-8-21(28)9-7-18/h3-14H,1-2H3/b19-13+. The summed E-state index contributed by atoms with van der Waals surface area (Å²) in [5.41, 5.74) is 1.41. The molecule has 0 aliphatic heterocycles. The summed E-state index contributed by atoms with van der Waals surface area (Å²) in [6.45, 7) is 3.32. The molecule has 0 radical (unpaired) electrons. The van der Waals surface area contributed by atoms with Crippen molar-refractivity contribution in [2.24, 2.45) is 0 Å². The summed E-state index contributed by atoms with van der Waals surface area (Å²) in [5, 5.41) is 9.67. The first-order valence-corrected chi connectivity index (χ1v) is 11.3. The van der Waals surface area contributed by atoms with Gasteiger partial charge in [0.25, 0.3) is 0 Å². The lowest BCUT2D eigenvalue weighted by molar-refractivity contribution is -0.137. The summed E-state index contributed by atoms with van der Waals surface area (Å²) < 4.78 is 47.8. The van der Waals surface area contributed by atoms with Gasteiger partial charge in [0.2, 0.25) is 5.78 Å². The lowest BCUT2D eigenvalue weighted by atomic mass is 10.0. The zero-order chi connectivity index (χ0) is 25.3. The number of aromatic nitrogens is 1. The topological polar surface area (TPSA) is 58.9 Å². The molecule has 0 aliphatic rings. The second-order valence-electron chi connectivity index (χ2n) is 7.88. The zero-order valence-electron chi connectivity index (χ0n) is 18.7. The van der Waals surface area contributed by atoms with Crippen LogP contribution in [0.4, 0.5) is 13.2 Å². The molecule has 2 aromatic heterocycles. The molecular weight excluding hydrogens is 521 g/mol. The highest BCUT2D eigenvalue weighted by atomic mass is 79.9. The van der Waals surface area contributed by atoms with Crippen LogP contribution >= 0.6 is 15.9 Å². The van der Waals surface area contributed by atoms with Crippen LogP contribution in [0.25, 0.3) is 23.1 Å². The predicted octanol–water partition coefficient (Wildman–Crippen LogP) is 7.93. The number of benzene rings is 2. The van der Waals surface area contributed by atoms with Crippen molar-refractivity contribution < 1.29 is 22.4 Å². The SMILES string of the molecule is Cc1cc(C(=O)/C(C#N)=C/c2ccc(-c3ccc(Br)cc3)o2)c(C)n1-c1cccc(C(F)(F)F)c1. The Morgan fingerprint density at radius 2 is 1.77 bits per heavy atom. The van der Waals surface area contributed by atoms with E-state index in [4.69, 9.17) is 4.42 Å². The number of alkyl halides is 3. The fraction of sp³-hybridized carbons (Fsp3) is 0.111. The van der Waals surface area contributed by atoms with Crippen LogP contribution in [0.1, 0.15) is 33.1 Å². The Morgan fingerprint density at radius 3 is 2.43 bits per heavy atom. The summed E-state index contributed by atoms with van der Waals surface area (Å²) >= 11 is 3.38. The van der Waals surface area contributed by atoms with E-state index in [9.17, 15) is 23.2 Å². The van der Waals surface area contributed by atoms with Crippen LogP contribution in [-0.2, 0) is 6.18 Å². The fourth-order valence-electron chi connectivity index (χ4n) is 3.85. The number of furan rings is 1. The summed E-state index contributed by atoms with van der Waals surface area (Å²) in [6, 6.07) is 19.3. The molecule has 35 heavy (non-hydrogen) atoms. The quantitative estimate of drug-likeness (QED) is 0.147. The second-order valence-corrected chi connectivity index (χ2v) is 8.79. The monoisotopic (exact) mass is 538 g/mol. The first-order valence-electron chi connectivity index (χ1n) is 10.5. The van der Waals surface area contributed by atoms with Crippen LogP contribution < -0.4 is 0 Å². The minimum Gasteiger partial charge on any atom is -0.457 e. The Kier molecular flexibility index (Phi) is 6.55. The number of ketones is 1. The van der Waals surface area contributed by atoms with Crippen molar-refractivity contribution >= 4 is 27.8 Å². The normalized spacial score (nSPS) is 12.0. The molecule has 176 valence electrons. The maximum absolute atomic E-state index is 13.2. The van der Waals surface area contributed by atoms with Gasteiger partial charge in [0, 0.05) is 38.8 Å². The van der Waals surface area contributed by atoms with E-state index < -0.39 is 17.5 Å². The Balaban J connectivity index is 1.67. The molecule has 2 heterocycles. The number of hydrogen-bond donors (Lipinski definition) is 0. The van der Waals surface area contributed by atoms with E-state index in [1.807, 2.05) is 30.3 Å². The molecule has 8 heteroatoms. The van der Waals surface area contributed by atoms with Crippen LogP contribution in [0.3, 0.4) is 0 Å². The van der Waals surface area contributed by atoms with Crippen LogP contribution in [-0.4, -0.2) is 10.4 Å². The van der Waals surface area contributed by atoms with Gasteiger partial charge in [-0.2, -0.15) is 18.4 Å². The van der Waals surface area contributed by atoms with Crippen molar-refractivity contribution in [3.05, 3.63) is 105 Å². The highest BCUT2D eigenvalue weighted by Crippen LogP contribution is 2.32. The fourth-order valence-corrected chi connectivity index (χ4v) is 4.11. The van der Waals surface area contributed by atoms with Gasteiger partial charge in [0.05, 0.1) is 5.56 Å². The van der Waals surface area contributed by atoms with Crippen molar-refractivity contribution in [2.45, 2.75) is 20.0 Å². The Bertz CT molecular complexity index is 1490.